The minimum absolute atomic E-state index is 0.202. The lowest BCUT2D eigenvalue weighted by Crippen LogP contribution is -1.99. The van der Waals surface area contributed by atoms with Crippen LogP contribution in [0.2, 0.25) is 0 Å². The summed E-state index contributed by atoms with van der Waals surface area (Å²) in [6.07, 6.45) is 1.67. The third-order valence-corrected chi connectivity index (χ3v) is 3.09. The Morgan fingerprint density at radius 3 is 2.72 bits per heavy atom. The van der Waals surface area contributed by atoms with Crippen LogP contribution in [0.4, 0.5) is 4.39 Å². The number of benzene rings is 1. The van der Waals surface area contributed by atoms with Crippen LogP contribution in [-0.2, 0) is 12.5 Å². The Bertz CT molecular complexity index is 533. The molecule has 2 rings (SSSR count). The highest BCUT2D eigenvalue weighted by molar-refractivity contribution is 9.10. The third kappa shape index (κ3) is 3.43. The average molecular weight is 331 g/mol. The van der Waals surface area contributed by atoms with Crippen LogP contribution >= 0.6 is 27.5 Å². The molecule has 2 aromatic rings. The van der Waals surface area contributed by atoms with Gasteiger partial charge in [-0.2, -0.15) is 0 Å². The largest absolute Gasteiger partial charge is 0.484 e. The van der Waals surface area contributed by atoms with Gasteiger partial charge in [-0.15, -0.1) is 11.6 Å². The highest BCUT2D eigenvalue weighted by Crippen LogP contribution is 2.20. The lowest BCUT2D eigenvalue weighted by molar-refractivity contribution is 0.286. The van der Waals surface area contributed by atoms with Gasteiger partial charge < -0.3 is 4.74 Å². The minimum Gasteiger partial charge on any atom is -0.484 e. The Morgan fingerprint density at radius 1 is 1.28 bits per heavy atom. The predicted octanol–water partition coefficient (Wildman–Crippen LogP) is 4.30. The molecule has 0 saturated heterocycles. The minimum atomic E-state index is -0.412. The molecule has 0 amide bonds. The molecule has 0 aliphatic carbocycles. The van der Waals surface area contributed by atoms with Crippen molar-refractivity contribution in [1.82, 2.24) is 4.98 Å². The number of aromatic nitrogens is 1. The SMILES string of the molecule is Fc1cc(CCl)ccc1OCc1ccc(Br)cn1. The van der Waals surface area contributed by atoms with Crippen LogP contribution in [0.15, 0.2) is 41.0 Å². The number of ether oxygens (including phenoxy) is 1. The van der Waals surface area contributed by atoms with Gasteiger partial charge in [0.25, 0.3) is 0 Å². The van der Waals surface area contributed by atoms with Crippen molar-refractivity contribution in [2.75, 3.05) is 0 Å². The van der Waals surface area contributed by atoms with Crippen molar-refractivity contribution in [3.05, 3.63) is 58.1 Å². The monoisotopic (exact) mass is 329 g/mol. The average Bonchev–Trinajstić information content (AvgIpc) is 2.39. The summed E-state index contributed by atoms with van der Waals surface area (Å²) in [6.45, 7) is 0.227. The van der Waals surface area contributed by atoms with Gasteiger partial charge in [-0.25, -0.2) is 4.39 Å². The van der Waals surface area contributed by atoms with Crippen molar-refractivity contribution in [2.45, 2.75) is 12.5 Å². The van der Waals surface area contributed by atoms with Crippen molar-refractivity contribution in [3.8, 4) is 5.75 Å². The molecule has 0 atom stereocenters. The first kappa shape index (κ1) is 13.3. The smallest absolute Gasteiger partial charge is 0.165 e. The van der Waals surface area contributed by atoms with Crippen LogP contribution in [0.5, 0.6) is 5.75 Å². The van der Waals surface area contributed by atoms with E-state index in [2.05, 4.69) is 20.9 Å². The normalized spacial score (nSPS) is 10.4. The zero-order valence-electron chi connectivity index (χ0n) is 9.37. The molecule has 94 valence electrons. The molecule has 1 heterocycles. The lowest BCUT2D eigenvalue weighted by atomic mass is 10.2. The Morgan fingerprint density at radius 2 is 2.11 bits per heavy atom. The molecule has 0 spiro atoms. The maximum atomic E-state index is 13.6. The summed E-state index contributed by atoms with van der Waals surface area (Å²) in [4.78, 5) is 4.14. The number of hydrogen-bond donors (Lipinski definition) is 0. The molecule has 0 fully saturated rings. The fourth-order valence-corrected chi connectivity index (χ4v) is 1.79. The van der Waals surface area contributed by atoms with Gasteiger partial charge in [0.15, 0.2) is 11.6 Å². The molecule has 5 heteroatoms. The van der Waals surface area contributed by atoms with Crippen LogP contribution in [-0.4, -0.2) is 4.98 Å². The second-order valence-corrected chi connectivity index (χ2v) is 4.84. The third-order valence-electron chi connectivity index (χ3n) is 2.31. The van der Waals surface area contributed by atoms with Gasteiger partial charge in [-0.1, -0.05) is 6.07 Å². The highest BCUT2D eigenvalue weighted by atomic mass is 79.9. The molecular formula is C13H10BrClFNO. The van der Waals surface area contributed by atoms with E-state index >= 15 is 0 Å². The maximum absolute atomic E-state index is 13.6. The first-order valence-corrected chi connectivity index (χ1v) is 6.59. The molecule has 0 unspecified atom stereocenters. The number of rotatable bonds is 4. The summed E-state index contributed by atoms with van der Waals surface area (Å²) in [5, 5.41) is 0. The molecule has 0 aliphatic heterocycles. The van der Waals surface area contributed by atoms with Crippen molar-refractivity contribution >= 4 is 27.5 Å². The first-order chi connectivity index (χ1) is 8.69. The van der Waals surface area contributed by atoms with Crippen molar-refractivity contribution in [3.63, 3.8) is 0 Å². The molecule has 1 aromatic carbocycles. The van der Waals surface area contributed by atoms with E-state index in [0.717, 1.165) is 15.7 Å². The molecule has 1 aromatic heterocycles. The lowest BCUT2D eigenvalue weighted by Gasteiger charge is -2.07. The Kier molecular flexibility index (Phi) is 4.55. The maximum Gasteiger partial charge on any atom is 0.165 e. The van der Waals surface area contributed by atoms with E-state index in [1.807, 2.05) is 12.1 Å². The quantitative estimate of drug-likeness (QED) is 0.780. The number of alkyl halides is 1. The van der Waals surface area contributed by atoms with Crippen molar-refractivity contribution < 1.29 is 9.13 Å². The molecule has 0 saturated carbocycles. The zero-order valence-corrected chi connectivity index (χ0v) is 11.7. The van der Waals surface area contributed by atoms with E-state index < -0.39 is 5.82 Å². The summed E-state index contributed by atoms with van der Waals surface area (Å²) in [6, 6.07) is 8.36. The van der Waals surface area contributed by atoms with Gasteiger partial charge in [-0.05, 0) is 45.8 Å². The Labute approximate surface area is 118 Å². The van der Waals surface area contributed by atoms with Gasteiger partial charge in [0, 0.05) is 16.5 Å². The molecule has 18 heavy (non-hydrogen) atoms. The van der Waals surface area contributed by atoms with E-state index in [4.69, 9.17) is 16.3 Å². The number of hydrogen-bond acceptors (Lipinski definition) is 2. The van der Waals surface area contributed by atoms with Crippen LogP contribution < -0.4 is 4.74 Å². The topological polar surface area (TPSA) is 22.1 Å². The summed E-state index contributed by atoms with van der Waals surface area (Å²) < 4.78 is 19.9. The Balaban J connectivity index is 2.04. The van der Waals surface area contributed by atoms with E-state index in [9.17, 15) is 4.39 Å². The van der Waals surface area contributed by atoms with Gasteiger partial charge in [0.1, 0.15) is 6.61 Å². The second-order valence-electron chi connectivity index (χ2n) is 3.65. The fraction of sp³-hybridized carbons (Fsp3) is 0.154. The van der Waals surface area contributed by atoms with Crippen LogP contribution in [0.1, 0.15) is 11.3 Å². The zero-order chi connectivity index (χ0) is 13.0. The highest BCUT2D eigenvalue weighted by Gasteiger charge is 2.05. The first-order valence-electron chi connectivity index (χ1n) is 5.26. The van der Waals surface area contributed by atoms with Crippen molar-refractivity contribution in [2.24, 2.45) is 0 Å². The van der Waals surface area contributed by atoms with Crippen LogP contribution in [0.25, 0.3) is 0 Å². The van der Waals surface area contributed by atoms with Gasteiger partial charge in [0.2, 0.25) is 0 Å². The molecule has 2 nitrogen and oxygen atoms in total. The predicted molar refractivity (Wildman–Crippen MR) is 72.2 cm³/mol. The number of pyridine rings is 1. The van der Waals surface area contributed by atoms with E-state index in [1.54, 1.807) is 18.3 Å². The fourth-order valence-electron chi connectivity index (χ4n) is 1.39. The summed E-state index contributed by atoms with van der Waals surface area (Å²) in [5.41, 5.74) is 1.46. The van der Waals surface area contributed by atoms with E-state index in [1.165, 1.54) is 6.07 Å². The van der Waals surface area contributed by atoms with Crippen LogP contribution in [0, 0.1) is 5.82 Å². The van der Waals surface area contributed by atoms with E-state index in [-0.39, 0.29) is 18.2 Å². The molecular weight excluding hydrogens is 321 g/mol. The standard InChI is InChI=1S/C13H10BrClFNO/c14-10-2-3-11(17-7-10)8-18-13-4-1-9(6-15)5-12(13)16/h1-5,7H,6,8H2. The van der Waals surface area contributed by atoms with Gasteiger partial charge >= 0.3 is 0 Å². The molecule has 0 aliphatic rings. The summed E-state index contributed by atoms with van der Waals surface area (Å²) in [7, 11) is 0. The number of halogens is 3. The van der Waals surface area contributed by atoms with Crippen molar-refractivity contribution in [1.29, 1.82) is 0 Å². The van der Waals surface area contributed by atoms with Gasteiger partial charge in [-0.3, -0.25) is 4.98 Å². The Hall–Kier alpha value is -1.13. The number of nitrogens with zero attached hydrogens (tertiary/aromatic N) is 1. The molecule has 0 radical (unpaired) electrons. The summed E-state index contributed by atoms with van der Waals surface area (Å²) >= 11 is 8.91. The summed E-state index contributed by atoms with van der Waals surface area (Å²) in [5.74, 6) is 0.0738. The van der Waals surface area contributed by atoms with Crippen LogP contribution in [0.3, 0.4) is 0 Å². The molecule has 0 bridgehead atoms. The second kappa shape index (κ2) is 6.16. The van der Waals surface area contributed by atoms with Gasteiger partial charge in [0.05, 0.1) is 5.69 Å². The van der Waals surface area contributed by atoms with E-state index in [0.29, 0.717) is 0 Å². The molecule has 0 N–H and O–H groups in total.